The molecule has 102 valence electrons. The number of aromatic nitrogens is 5. The fourth-order valence-corrected chi connectivity index (χ4v) is 2.45. The van der Waals surface area contributed by atoms with Gasteiger partial charge in [0, 0.05) is 12.8 Å². The van der Waals surface area contributed by atoms with E-state index in [1.807, 2.05) is 6.92 Å². The van der Waals surface area contributed by atoms with E-state index in [4.69, 9.17) is 4.74 Å². The van der Waals surface area contributed by atoms with Crippen molar-refractivity contribution in [1.82, 2.24) is 25.0 Å². The maximum absolute atomic E-state index is 11.8. The van der Waals surface area contributed by atoms with Crippen molar-refractivity contribution in [2.24, 2.45) is 7.05 Å². The van der Waals surface area contributed by atoms with Crippen LogP contribution in [0, 0.1) is 6.92 Å². The smallest absolute Gasteiger partial charge is 0.341 e. The molecule has 0 aliphatic carbocycles. The summed E-state index contributed by atoms with van der Waals surface area (Å²) in [6, 6.07) is 0. The van der Waals surface area contributed by atoms with Gasteiger partial charge in [-0.15, -0.1) is 5.10 Å². The van der Waals surface area contributed by atoms with Crippen LogP contribution >= 0.6 is 11.8 Å². The van der Waals surface area contributed by atoms with Crippen LogP contribution in [0.2, 0.25) is 0 Å². The van der Waals surface area contributed by atoms with E-state index in [1.165, 1.54) is 18.0 Å². The lowest BCUT2D eigenvalue weighted by molar-refractivity contribution is 0.0525. The predicted molar refractivity (Wildman–Crippen MR) is 69.8 cm³/mol. The quantitative estimate of drug-likeness (QED) is 0.657. The van der Waals surface area contributed by atoms with Gasteiger partial charge >= 0.3 is 5.97 Å². The van der Waals surface area contributed by atoms with Crippen LogP contribution in [0.1, 0.15) is 28.8 Å². The number of hydrogen-bond acceptors (Lipinski definition) is 6. The molecule has 0 unspecified atom stereocenters. The summed E-state index contributed by atoms with van der Waals surface area (Å²) < 4.78 is 6.66. The van der Waals surface area contributed by atoms with Crippen LogP contribution in [0.4, 0.5) is 0 Å². The molecule has 19 heavy (non-hydrogen) atoms. The molecule has 1 N–H and O–H groups in total. The SMILES string of the molecule is CCOC(=O)c1cnn(C)c1CSc1n[nH]c(C)n1. The van der Waals surface area contributed by atoms with Crippen LogP contribution in [0.15, 0.2) is 11.4 Å². The number of thioether (sulfide) groups is 1. The second-order valence-corrected chi connectivity index (χ2v) is 4.78. The first kappa shape index (κ1) is 13.6. The number of H-pyrrole nitrogens is 1. The maximum atomic E-state index is 11.8. The minimum absolute atomic E-state index is 0.348. The first-order valence-electron chi connectivity index (χ1n) is 5.81. The molecular weight excluding hydrogens is 266 g/mol. The van der Waals surface area contributed by atoms with Gasteiger partial charge in [0.2, 0.25) is 5.16 Å². The Bertz CT molecular complexity index is 577. The van der Waals surface area contributed by atoms with Gasteiger partial charge in [-0.3, -0.25) is 9.78 Å². The number of rotatable bonds is 5. The molecule has 0 atom stereocenters. The third kappa shape index (κ3) is 3.14. The standard InChI is InChI=1S/C11H15N5O2S/c1-4-18-10(17)8-5-12-16(3)9(8)6-19-11-13-7(2)14-15-11/h5H,4,6H2,1-3H3,(H,13,14,15). The van der Waals surface area contributed by atoms with Crippen LogP contribution in [0.3, 0.4) is 0 Å². The topological polar surface area (TPSA) is 85.7 Å². The number of aromatic amines is 1. The van der Waals surface area contributed by atoms with Crippen LogP contribution < -0.4 is 0 Å². The summed E-state index contributed by atoms with van der Waals surface area (Å²) in [5.74, 6) is 0.970. The fraction of sp³-hybridized carbons (Fsp3) is 0.455. The minimum atomic E-state index is -0.350. The van der Waals surface area contributed by atoms with E-state index < -0.39 is 0 Å². The van der Waals surface area contributed by atoms with Gasteiger partial charge in [-0.25, -0.2) is 9.78 Å². The third-order valence-electron chi connectivity index (χ3n) is 2.47. The highest BCUT2D eigenvalue weighted by Gasteiger charge is 2.17. The van der Waals surface area contributed by atoms with Gasteiger partial charge in [0.15, 0.2) is 0 Å². The summed E-state index contributed by atoms with van der Waals surface area (Å²) in [4.78, 5) is 16.0. The van der Waals surface area contributed by atoms with Gasteiger partial charge in [0.05, 0.1) is 18.5 Å². The molecule has 0 aromatic carbocycles. The summed E-state index contributed by atoms with van der Waals surface area (Å²) in [7, 11) is 1.79. The van der Waals surface area contributed by atoms with Gasteiger partial charge in [0.1, 0.15) is 11.4 Å². The van der Waals surface area contributed by atoms with E-state index in [0.717, 1.165) is 11.5 Å². The molecule has 0 bridgehead atoms. The monoisotopic (exact) mass is 281 g/mol. The number of carbonyl (C=O) groups excluding carboxylic acids is 1. The van der Waals surface area contributed by atoms with Crippen molar-refractivity contribution in [3.63, 3.8) is 0 Å². The van der Waals surface area contributed by atoms with E-state index in [2.05, 4.69) is 20.3 Å². The second kappa shape index (κ2) is 5.87. The highest BCUT2D eigenvalue weighted by Crippen LogP contribution is 2.21. The highest BCUT2D eigenvalue weighted by atomic mass is 32.2. The summed E-state index contributed by atoms with van der Waals surface area (Å²) in [5.41, 5.74) is 1.29. The van der Waals surface area contributed by atoms with Gasteiger partial charge in [-0.05, 0) is 13.8 Å². The maximum Gasteiger partial charge on any atom is 0.341 e. The second-order valence-electron chi connectivity index (χ2n) is 3.84. The molecule has 0 fully saturated rings. The van der Waals surface area contributed by atoms with Crippen molar-refractivity contribution in [3.8, 4) is 0 Å². The molecule has 2 rings (SSSR count). The van der Waals surface area contributed by atoms with Crippen molar-refractivity contribution in [1.29, 1.82) is 0 Å². The molecule has 0 amide bonds. The molecule has 0 spiro atoms. The molecule has 2 aromatic rings. The summed E-state index contributed by atoms with van der Waals surface area (Å²) in [5, 5.41) is 11.5. The minimum Gasteiger partial charge on any atom is -0.462 e. The molecule has 0 saturated carbocycles. The van der Waals surface area contributed by atoms with E-state index in [0.29, 0.717) is 23.1 Å². The highest BCUT2D eigenvalue weighted by molar-refractivity contribution is 7.98. The van der Waals surface area contributed by atoms with Gasteiger partial charge in [0.25, 0.3) is 0 Å². The summed E-state index contributed by atoms with van der Waals surface area (Å²) >= 11 is 1.44. The Morgan fingerprint density at radius 2 is 2.37 bits per heavy atom. The van der Waals surface area contributed by atoms with Crippen LogP contribution in [-0.4, -0.2) is 37.5 Å². The average molecular weight is 281 g/mol. The van der Waals surface area contributed by atoms with Gasteiger partial charge < -0.3 is 4.74 Å². The molecule has 0 aliphatic heterocycles. The lowest BCUT2D eigenvalue weighted by atomic mass is 10.3. The van der Waals surface area contributed by atoms with Crippen LogP contribution in [0.5, 0.6) is 0 Å². The fourth-order valence-electron chi connectivity index (χ4n) is 1.53. The lowest BCUT2D eigenvalue weighted by Crippen LogP contribution is -2.08. The van der Waals surface area contributed by atoms with Crippen molar-refractivity contribution in [2.75, 3.05) is 6.61 Å². The van der Waals surface area contributed by atoms with Crippen molar-refractivity contribution in [3.05, 3.63) is 23.3 Å². The Labute approximate surface area is 114 Å². The molecule has 0 aliphatic rings. The number of nitrogens with zero attached hydrogens (tertiary/aromatic N) is 4. The van der Waals surface area contributed by atoms with Gasteiger partial charge in [-0.2, -0.15) is 5.10 Å². The average Bonchev–Trinajstić information content (AvgIpc) is 2.94. The number of hydrogen-bond donors (Lipinski definition) is 1. The molecule has 7 nitrogen and oxygen atoms in total. The molecule has 2 heterocycles. The molecule has 0 radical (unpaired) electrons. The zero-order chi connectivity index (χ0) is 13.8. The number of carbonyl (C=O) groups is 1. The van der Waals surface area contributed by atoms with Crippen LogP contribution in [-0.2, 0) is 17.5 Å². The number of aryl methyl sites for hydroxylation is 2. The Balaban J connectivity index is 2.11. The Morgan fingerprint density at radius 3 is 3.00 bits per heavy atom. The largest absolute Gasteiger partial charge is 0.462 e. The molecule has 2 aromatic heterocycles. The number of ether oxygens (including phenoxy) is 1. The Hall–Kier alpha value is -1.83. The zero-order valence-corrected chi connectivity index (χ0v) is 11.8. The normalized spacial score (nSPS) is 10.7. The zero-order valence-electron chi connectivity index (χ0n) is 11.0. The van der Waals surface area contributed by atoms with Crippen molar-refractivity contribution in [2.45, 2.75) is 24.8 Å². The van der Waals surface area contributed by atoms with Crippen LogP contribution in [0.25, 0.3) is 0 Å². The van der Waals surface area contributed by atoms with E-state index >= 15 is 0 Å². The summed E-state index contributed by atoms with van der Waals surface area (Å²) in [6.45, 7) is 3.96. The molecule has 8 heteroatoms. The first-order valence-corrected chi connectivity index (χ1v) is 6.80. The number of nitrogens with one attached hydrogen (secondary N) is 1. The predicted octanol–water partition coefficient (Wildman–Crippen LogP) is 1.32. The summed E-state index contributed by atoms with van der Waals surface area (Å²) in [6.07, 6.45) is 1.52. The van der Waals surface area contributed by atoms with E-state index in [-0.39, 0.29) is 5.97 Å². The molecular formula is C11H15N5O2S. The third-order valence-corrected chi connectivity index (χ3v) is 3.33. The first-order chi connectivity index (χ1) is 9.11. The lowest BCUT2D eigenvalue weighted by Gasteiger charge is -2.04. The van der Waals surface area contributed by atoms with Crippen molar-refractivity contribution >= 4 is 17.7 Å². The Kier molecular flexibility index (Phi) is 4.20. The molecule has 0 saturated heterocycles. The van der Waals surface area contributed by atoms with E-state index in [9.17, 15) is 4.79 Å². The Morgan fingerprint density at radius 1 is 1.58 bits per heavy atom. The van der Waals surface area contributed by atoms with Gasteiger partial charge in [-0.1, -0.05) is 11.8 Å². The number of esters is 1. The van der Waals surface area contributed by atoms with Crippen molar-refractivity contribution < 1.29 is 9.53 Å². The van der Waals surface area contributed by atoms with E-state index in [1.54, 1.807) is 18.7 Å².